The molecule has 1 aromatic heterocycles. The van der Waals surface area contributed by atoms with Gasteiger partial charge in [-0.05, 0) is 23.8 Å². The zero-order valence-corrected chi connectivity index (χ0v) is 19.9. The molecule has 2 aromatic carbocycles. The number of carbonyl (C=O) groups excluding carboxylic acids is 1. The highest BCUT2D eigenvalue weighted by Crippen LogP contribution is 2.29. The Kier molecular flexibility index (Phi) is 7.71. The molecule has 0 aliphatic carbocycles. The predicted octanol–water partition coefficient (Wildman–Crippen LogP) is 3.29. The summed E-state index contributed by atoms with van der Waals surface area (Å²) >= 11 is 2.62. The average molecular weight is 509 g/mol. The van der Waals surface area contributed by atoms with Gasteiger partial charge < -0.3 is 10.1 Å². The van der Waals surface area contributed by atoms with Crippen molar-refractivity contribution in [2.24, 2.45) is 0 Å². The SMILES string of the molecule is O=C(CNc1nnc(SCc2ccccc2F)s1)c1cccc(S(=O)(=O)N2CCOCC2)c1. The molecule has 0 unspecified atom stereocenters. The quantitative estimate of drug-likeness (QED) is 0.347. The molecule has 174 valence electrons. The summed E-state index contributed by atoms with van der Waals surface area (Å²) in [5.74, 6) is -0.119. The summed E-state index contributed by atoms with van der Waals surface area (Å²) < 4.78 is 46.6. The van der Waals surface area contributed by atoms with Crippen LogP contribution in [0.25, 0.3) is 0 Å². The van der Waals surface area contributed by atoms with Crippen molar-refractivity contribution in [1.29, 1.82) is 0 Å². The molecule has 33 heavy (non-hydrogen) atoms. The molecule has 0 saturated carbocycles. The van der Waals surface area contributed by atoms with E-state index in [0.29, 0.717) is 34.0 Å². The van der Waals surface area contributed by atoms with Crippen LogP contribution in [0, 0.1) is 5.82 Å². The van der Waals surface area contributed by atoms with Crippen LogP contribution in [0.3, 0.4) is 0 Å². The summed E-state index contributed by atoms with van der Waals surface area (Å²) in [7, 11) is -3.68. The highest BCUT2D eigenvalue weighted by molar-refractivity contribution is 8.00. The number of carbonyl (C=O) groups is 1. The maximum atomic E-state index is 13.7. The Balaban J connectivity index is 1.35. The van der Waals surface area contributed by atoms with E-state index >= 15 is 0 Å². The van der Waals surface area contributed by atoms with Crippen molar-refractivity contribution in [3.05, 3.63) is 65.5 Å². The van der Waals surface area contributed by atoms with E-state index in [4.69, 9.17) is 4.74 Å². The number of hydrogen-bond donors (Lipinski definition) is 1. The van der Waals surface area contributed by atoms with Gasteiger partial charge in [-0.25, -0.2) is 12.8 Å². The first-order valence-electron chi connectivity index (χ1n) is 10.1. The summed E-state index contributed by atoms with van der Waals surface area (Å²) in [6.45, 7) is 1.22. The number of rotatable bonds is 9. The second-order valence-electron chi connectivity index (χ2n) is 7.07. The molecular formula is C21H21FN4O4S3. The zero-order valence-electron chi connectivity index (χ0n) is 17.4. The highest BCUT2D eigenvalue weighted by Gasteiger charge is 2.26. The second-order valence-corrected chi connectivity index (χ2v) is 11.2. The minimum Gasteiger partial charge on any atom is -0.379 e. The van der Waals surface area contributed by atoms with E-state index in [0.717, 1.165) is 0 Å². The van der Waals surface area contributed by atoms with Crippen LogP contribution in [-0.4, -0.2) is 61.6 Å². The number of anilines is 1. The number of nitrogens with one attached hydrogen (secondary N) is 1. The zero-order chi connectivity index (χ0) is 23.3. The monoisotopic (exact) mass is 508 g/mol. The van der Waals surface area contributed by atoms with Gasteiger partial charge in [0, 0.05) is 24.4 Å². The number of thioether (sulfide) groups is 1. The molecule has 2 heterocycles. The Hall–Kier alpha value is -2.38. The number of benzene rings is 2. The molecule has 8 nitrogen and oxygen atoms in total. The van der Waals surface area contributed by atoms with Crippen molar-refractivity contribution in [1.82, 2.24) is 14.5 Å². The molecular weight excluding hydrogens is 487 g/mol. The number of aromatic nitrogens is 2. The van der Waals surface area contributed by atoms with Crippen molar-refractivity contribution < 1.29 is 22.3 Å². The van der Waals surface area contributed by atoms with Crippen molar-refractivity contribution in [3.8, 4) is 0 Å². The van der Waals surface area contributed by atoms with Crippen LogP contribution in [0.4, 0.5) is 9.52 Å². The molecule has 1 aliphatic rings. The van der Waals surface area contributed by atoms with E-state index < -0.39 is 10.0 Å². The van der Waals surface area contributed by atoms with Crippen molar-refractivity contribution in [2.75, 3.05) is 38.2 Å². The fraction of sp³-hybridized carbons (Fsp3) is 0.286. The predicted molar refractivity (Wildman–Crippen MR) is 125 cm³/mol. The highest BCUT2D eigenvalue weighted by atomic mass is 32.2. The smallest absolute Gasteiger partial charge is 0.243 e. The first-order valence-corrected chi connectivity index (χ1v) is 13.3. The molecule has 0 amide bonds. The van der Waals surface area contributed by atoms with Gasteiger partial charge in [0.2, 0.25) is 15.2 Å². The number of morpholine rings is 1. The third-order valence-electron chi connectivity index (χ3n) is 4.88. The van der Waals surface area contributed by atoms with Gasteiger partial charge in [0.15, 0.2) is 10.1 Å². The molecule has 0 atom stereocenters. The van der Waals surface area contributed by atoms with Crippen LogP contribution < -0.4 is 5.32 Å². The molecule has 1 N–H and O–H groups in total. The molecule has 1 fully saturated rings. The van der Waals surface area contributed by atoms with Gasteiger partial charge in [-0.3, -0.25) is 4.79 Å². The molecule has 4 rings (SSSR count). The number of ether oxygens (including phenoxy) is 1. The van der Waals surface area contributed by atoms with Crippen LogP contribution in [-0.2, 0) is 20.5 Å². The van der Waals surface area contributed by atoms with E-state index in [1.165, 1.54) is 45.6 Å². The van der Waals surface area contributed by atoms with E-state index in [9.17, 15) is 17.6 Å². The third kappa shape index (κ3) is 5.95. The fourth-order valence-corrected chi connectivity index (χ4v) is 6.31. The summed E-state index contributed by atoms with van der Waals surface area (Å²) in [6, 6.07) is 12.6. The molecule has 0 spiro atoms. The van der Waals surface area contributed by atoms with Gasteiger partial charge in [0.05, 0.1) is 24.7 Å². The van der Waals surface area contributed by atoms with Crippen molar-refractivity contribution in [2.45, 2.75) is 15.0 Å². The van der Waals surface area contributed by atoms with Gasteiger partial charge >= 0.3 is 0 Å². The van der Waals surface area contributed by atoms with Crippen LogP contribution in [0.15, 0.2) is 57.8 Å². The minimum absolute atomic E-state index is 0.0618. The summed E-state index contributed by atoms with van der Waals surface area (Å²) in [5.41, 5.74) is 0.866. The summed E-state index contributed by atoms with van der Waals surface area (Å²) in [4.78, 5) is 12.7. The van der Waals surface area contributed by atoms with E-state index in [-0.39, 0.29) is 41.7 Å². The van der Waals surface area contributed by atoms with Crippen molar-refractivity contribution >= 4 is 44.0 Å². The van der Waals surface area contributed by atoms with Crippen LogP contribution in [0.2, 0.25) is 0 Å². The summed E-state index contributed by atoms with van der Waals surface area (Å²) in [6.07, 6.45) is 0. The minimum atomic E-state index is -3.68. The topological polar surface area (TPSA) is 101 Å². The Labute approximate surface area is 199 Å². The Morgan fingerprint density at radius 1 is 1.15 bits per heavy atom. The normalized spacial score (nSPS) is 14.8. The first-order chi connectivity index (χ1) is 15.9. The molecule has 12 heteroatoms. The second kappa shape index (κ2) is 10.7. The fourth-order valence-electron chi connectivity index (χ4n) is 3.12. The Morgan fingerprint density at radius 3 is 2.73 bits per heavy atom. The maximum absolute atomic E-state index is 13.7. The number of hydrogen-bond acceptors (Lipinski definition) is 9. The van der Waals surface area contributed by atoms with Crippen LogP contribution in [0.1, 0.15) is 15.9 Å². The summed E-state index contributed by atoms with van der Waals surface area (Å²) in [5, 5.41) is 11.4. The lowest BCUT2D eigenvalue weighted by atomic mass is 10.1. The Morgan fingerprint density at radius 2 is 1.94 bits per heavy atom. The molecule has 3 aromatic rings. The van der Waals surface area contributed by atoms with Gasteiger partial charge in [-0.1, -0.05) is 53.4 Å². The largest absolute Gasteiger partial charge is 0.379 e. The number of nitrogens with zero attached hydrogens (tertiary/aromatic N) is 3. The van der Waals surface area contributed by atoms with E-state index in [1.54, 1.807) is 30.3 Å². The van der Waals surface area contributed by atoms with Gasteiger partial charge in [0.25, 0.3) is 0 Å². The molecule has 1 aliphatic heterocycles. The van der Waals surface area contributed by atoms with Gasteiger partial charge in [-0.15, -0.1) is 10.2 Å². The number of ketones is 1. The molecule has 0 radical (unpaired) electrons. The lowest BCUT2D eigenvalue weighted by Gasteiger charge is -2.26. The van der Waals surface area contributed by atoms with Crippen molar-refractivity contribution in [3.63, 3.8) is 0 Å². The van der Waals surface area contributed by atoms with E-state index in [1.807, 2.05) is 0 Å². The van der Waals surface area contributed by atoms with Crippen LogP contribution >= 0.6 is 23.1 Å². The maximum Gasteiger partial charge on any atom is 0.243 e. The van der Waals surface area contributed by atoms with Crippen LogP contribution in [0.5, 0.6) is 0 Å². The molecule has 1 saturated heterocycles. The van der Waals surface area contributed by atoms with E-state index in [2.05, 4.69) is 15.5 Å². The lowest BCUT2D eigenvalue weighted by Crippen LogP contribution is -2.40. The number of halogens is 1. The lowest BCUT2D eigenvalue weighted by molar-refractivity contribution is 0.0730. The van der Waals surface area contributed by atoms with Gasteiger partial charge in [-0.2, -0.15) is 4.31 Å². The number of Topliss-reactive ketones (excluding diaryl/α,β-unsaturated/α-hetero) is 1. The third-order valence-corrected chi connectivity index (χ3v) is 8.84. The standard InChI is InChI=1S/C21H21FN4O4S3/c22-18-7-2-1-4-16(18)14-31-21-25-24-20(32-21)23-13-19(27)15-5-3-6-17(12-15)33(28,29)26-8-10-30-11-9-26/h1-7,12H,8-11,13-14H2,(H,23,24). The average Bonchev–Trinajstić information content (AvgIpc) is 3.30. The first kappa shape index (κ1) is 23.8. The van der Waals surface area contributed by atoms with Gasteiger partial charge in [0.1, 0.15) is 5.82 Å². The molecule has 0 bridgehead atoms. The Bertz CT molecular complexity index is 1230. The number of sulfonamides is 1.